The van der Waals surface area contributed by atoms with Crippen molar-refractivity contribution in [2.45, 2.75) is 340 Å². The smallest absolute Gasteiger partial charge is 0.249 e. The normalized spacial score (nSPS) is 13.5. The molecule has 5 heteroatoms. The zero-order valence-electron chi connectivity index (χ0n) is 45.7. The van der Waals surface area contributed by atoms with Crippen molar-refractivity contribution in [3.63, 3.8) is 0 Å². The second kappa shape index (κ2) is 57.9. The number of hydrogen-bond donors (Lipinski definition) is 4. The molecule has 0 aromatic carbocycles. The van der Waals surface area contributed by atoms with Gasteiger partial charge in [0.2, 0.25) is 5.91 Å². The minimum atomic E-state index is -1.11. The van der Waals surface area contributed by atoms with Crippen LogP contribution in [0, 0.1) is 0 Å². The molecule has 0 aromatic rings. The van der Waals surface area contributed by atoms with Gasteiger partial charge in [-0.15, -0.1) is 0 Å². The number of carbonyl (C=O) groups excluding carboxylic acids is 1. The maximum atomic E-state index is 12.6. The van der Waals surface area contributed by atoms with Gasteiger partial charge in [0, 0.05) is 0 Å². The number of unbranched alkanes of at least 4 members (excludes halogenated alkanes) is 42. The Morgan fingerprint density at radius 2 is 0.603 bits per heavy atom. The van der Waals surface area contributed by atoms with Crippen LogP contribution < -0.4 is 5.32 Å². The maximum Gasteiger partial charge on any atom is 0.249 e. The minimum Gasteiger partial charge on any atom is -0.394 e. The van der Waals surface area contributed by atoms with Crippen molar-refractivity contribution in [2.24, 2.45) is 0 Å². The third kappa shape index (κ3) is 52.1. The lowest BCUT2D eigenvalue weighted by molar-refractivity contribution is -0.131. The predicted molar refractivity (Wildman–Crippen MR) is 301 cm³/mol. The molecule has 0 spiro atoms. The van der Waals surface area contributed by atoms with Crippen LogP contribution in [0.5, 0.6) is 0 Å². The van der Waals surface area contributed by atoms with Gasteiger partial charge in [-0.25, -0.2) is 0 Å². The number of hydrogen-bond acceptors (Lipinski definition) is 4. The molecule has 0 aromatic heterocycles. The van der Waals surface area contributed by atoms with Crippen LogP contribution in [0.15, 0.2) is 48.6 Å². The lowest BCUT2D eigenvalue weighted by atomic mass is 10.0. The molecule has 3 atom stereocenters. The van der Waals surface area contributed by atoms with Crippen molar-refractivity contribution in [3.05, 3.63) is 48.6 Å². The molecule has 0 heterocycles. The number of rotatable bonds is 56. The zero-order chi connectivity index (χ0) is 49.3. The highest BCUT2D eigenvalue weighted by molar-refractivity contribution is 5.80. The molecule has 5 nitrogen and oxygen atoms in total. The lowest BCUT2D eigenvalue weighted by Gasteiger charge is -2.21. The maximum absolute atomic E-state index is 12.6. The van der Waals surface area contributed by atoms with Crippen molar-refractivity contribution >= 4 is 5.91 Å². The van der Waals surface area contributed by atoms with E-state index in [4.69, 9.17) is 0 Å². The van der Waals surface area contributed by atoms with Gasteiger partial charge in [0.15, 0.2) is 0 Å². The highest BCUT2D eigenvalue weighted by Gasteiger charge is 2.22. The summed E-state index contributed by atoms with van der Waals surface area (Å²) in [5.74, 6) is -0.513. The second-order valence-electron chi connectivity index (χ2n) is 20.9. The van der Waals surface area contributed by atoms with E-state index in [1.54, 1.807) is 6.08 Å². The summed E-state index contributed by atoms with van der Waals surface area (Å²) in [5, 5.41) is 33.4. The number of amides is 1. The molecule has 0 aliphatic carbocycles. The first kappa shape index (κ1) is 66.3. The molecular weight excluding hydrogens is 835 g/mol. The molecule has 0 aliphatic heterocycles. The SMILES string of the molecule is CCCCCCCCCCCC/C=C/CC/C=C/CC/C=C/C(O)C(CO)NC(=O)C(O)CCCCCCCCCCCCCCCCCC/C=C\CCCCCCCCCCCCCCCC. The van der Waals surface area contributed by atoms with Gasteiger partial charge in [-0.2, -0.15) is 0 Å². The fraction of sp³-hybridized carbons (Fsp3) is 0.857. The predicted octanol–water partition coefficient (Wildman–Crippen LogP) is 19.2. The van der Waals surface area contributed by atoms with Gasteiger partial charge in [0.05, 0.1) is 18.8 Å². The van der Waals surface area contributed by atoms with Gasteiger partial charge in [-0.05, 0) is 70.6 Å². The fourth-order valence-electron chi connectivity index (χ4n) is 9.39. The first-order valence-corrected chi connectivity index (χ1v) is 30.5. The van der Waals surface area contributed by atoms with Crippen LogP contribution in [0.4, 0.5) is 0 Å². The van der Waals surface area contributed by atoms with E-state index in [1.165, 1.54) is 257 Å². The summed E-state index contributed by atoms with van der Waals surface area (Å²) in [6.45, 7) is 4.20. The van der Waals surface area contributed by atoms with Crippen LogP contribution in [0.2, 0.25) is 0 Å². The Hall–Kier alpha value is -1.69. The summed E-state index contributed by atoms with van der Waals surface area (Å²) < 4.78 is 0. The summed E-state index contributed by atoms with van der Waals surface area (Å²) in [6, 6.07) is -0.822. The Balaban J connectivity index is 3.55. The minimum absolute atomic E-state index is 0.380. The Morgan fingerprint density at radius 3 is 0.897 bits per heavy atom. The molecule has 0 rings (SSSR count). The van der Waals surface area contributed by atoms with E-state index in [2.05, 4.69) is 55.6 Å². The van der Waals surface area contributed by atoms with Crippen LogP contribution >= 0.6 is 0 Å². The Morgan fingerprint density at radius 1 is 0.353 bits per heavy atom. The van der Waals surface area contributed by atoms with Crippen molar-refractivity contribution in [1.82, 2.24) is 5.32 Å². The molecule has 0 saturated heterocycles. The van der Waals surface area contributed by atoms with E-state index < -0.39 is 24.2 Å². The summed E-state index contributed by atoms with van der Waals surface area (Å²) in [6.07, 6.45) is 77.9. The molecule has 68 heavy (non-hydrogen) atoms. The van der Waals surface area contributed by atoms with Gasteiger partial charge in [-0.3, -0.25) is 4.79 Å². The average molecular weight is 955 g/mol. The molecule has 0 aliphatic rings. The Bertz CT molecular complexity index is 1100. The van der Waals surface area contributed by atoms with E-state index in [1.807, 2.05) is 6.08 Å². The highest BCUT2D eigenvalue weighted by atomic mass is 16.3. The highest BCUT2D eigenvalue weighted by Crippen LogP contribution is 2.17. The van der Waals surface area contributed by atoms with Gasteiger partial charge >= 0.3 is 0 Å². The molecule has 0 bridgehead atoms. The summed E-state index contributed by atoms with van der Waals surface area (Å²) in [7, 11) is 0. The summed E-state index contributed by atoms with van der Waals surface area (Å²) in [5.41, 5.74) is 0. The van der Waals surface area contributed by atoms with E-state index in [9.17, 15) is 20.1 Å². The van der Waals surface area contributed by atoms with Crippen molar-refractivity contribution < 1.29 is 20.1 Å². The number of allylic oxidation sites excluding steroid dienone is 7. The van der Waals surface area contributed by atoms with Crippen molar-refractivity contribution in [3.8, 4) is 0 Å². The Kier molecular flexibility index (Phi) is 56.4. The topological polar surface area (TPSA) is 89.8 Å². The quantitative estimate of drug-likeness (QED) is 0.0361. The third-order valence-electron chi connectivity index (χ3n) is 14.1. The van der Waals surface area contributed by atoms with E-state index >= 15 is 0 Å². The second-order valence-corrected chi connectivity index (χ2v) is 20.9. The number of aliphatic hydroxyl groups is 3. The van der Waals surface area contributed by atoms with E-state index in [0.29, 0.717) is 6.42 Å². The molecule has 4 N–H and O–H groups in total. The summed E-state index contributed by atoms with van der Waals surface area (Å²) in [4.78, 5) is 12.6. The molecule has 0 radical (unpaired) electrons. The van der Waals surface area contributed by atoms with Crippen LogP contribution in [0.25, 0.3) is 0 Å². The monoisotopic (exact) mass is 954 g/mol. The number of carbonyl (C=O) groups is 1. The molecule has 1 amide bonds. The standard InChI is InChI=1S/C63H119NO4/c1-3-5-7-9-11-13-15-17-19-21-23-25-26-27-28-29-30-31-32-33-34-35-36-37-38-40-42-44-46-48-50-52-54-56-58-62(67)63(68)64-60(59-65)61(66)57-55-53-51-49-47-45-43-41-39-24-22-20-18-16-14-12-10-8-6-4-2/h29-30,39,41,47,49,55,57,60-62,65-67H,3-28,31-38,40,42-46,48,50-54,56,58-59H2,1-2H3,(H,64,68)/b30-29-,41-39+,49-47+,57-55+. The van der Waals surface area contributed by atoms with E-state index in [0.717, 1.165) is 44.9 Å². The van der Waals surface area contributed by atoms with Gasteiger partial charge in [-0.1, -0.05) is 300 Å². The molecular formula is C63H119NO4. The van der Waals surface area contributed by atoms with Crippen LogP contribution in [-0.4, -0.2) is 46.1 Å². The van der Waals surface area contributed by atoms with Crippen LogP contribution in [0.3, 0.4) is 0 Å². The van der Waals surface area contributed by atoms with Gasteiger partial charge in [0.1, 0.15) is 6.10 Å². The van der Waals surface area contributed by atoms with Gasteiger partial charge < -0.3 is 20.6 Å². The molecule has 400 valence electrons. The first-order chi connectivity index (χ1) is 33.6. The third-order valence-corrected chi connectivity index (χ3v) is 14.1. The van der Waals surface area contributed by atoms with Crippen LogP contribution in [0.1, 0.15) is 322 Å². The van der Waals surface area contributed by atoms with Crippen LogP contribution in [-0.2, 0) is 4.79 Å². The fourth-order valence-corrected chi connectivity index (χ4v) is 9.39. The molecule has 3 unspecified atom stereocenters. The first-order valence-electron chi connectivity index (χ1n) is 30.5. The van der Waals surface area contributed by atoms with Crippen molar-refractivity contribution in [1.29, 1.82) is 0 Å². The van der Waals surface area contributed by atoms with E-state index in [-0.39, 0.29) is 6.61 Å². The average Bonchev–Trinajstić information content (AvgIpc) is 3.34. The Labute approximate surface area is 425 Å². The lowest BCUT2D eigenvalue weighted by Crippen LogP contribution is -2.48. The van der Waals surface area contributed by atoms with Crippen molar-refractivity contribution in [2.75, 3.05) is 6.61 Å². The number of nitrogens with one attached hydrogen (secondary N) is 1. The zero-order valence-corrected chi connectivity index (χ0v) is 45.7. The molecule has 0 fully saturated rings. The largest absolute Gasteiger partial charge is 0.394 e. The number of aliphatic hydroxyl groups excluding tert-OH is 3. The molecule has 0 saturated carbocycles. The van der Waals surface area contributed by atoms with Gasteiger partial charge in [0.25, 0.3) is 0 Å². The summed E-state index contributed by atoms with van der Waals surface area (Å²) >= 11 is 0.